The van der Waals surface area contributed by atoms with E-state index < -0.39 is 6.10 Å². The van der Waals surface area contributed by atoms with E-state index in [9.17, 15) is 14.4 Å². The molecule has 80 heavy (non-hydrogen) atoms. The summed E-state index contributed by atoms with van der Waals surface area (Å²) >= 11 is 0. The molecule has 6 heteroatoms. The van der Waals surface area contributed by atoms with Crippen LogP contribution >= 0.6 is 0 Å². The van der Waals surface area contributed by atoms with Gasteiger partial charge in [-0.2, -0.15) is 0 Å². The minimum absolute atomic E-state index is 0.0798. The molecule has 0 rings (SSSR count). The summed E-state index contributed by atoms with van der Waals surface area (Å²) in [6, 6.07) is 0. The summed E-state index contributed by atoms with van der Waals surface area (Å²) in [7, 11) is 0. The van der Waals surface area contributed by atoms with Gasteiger partial charge in [0.15, 0.2) is 6.10 Å². The number of hydrogen-bond acceptors (Lipinski definition) is 6. The Morgan fingerprint density at radius 1 is 0.263 bits per heavy atom. The van der Waals surface area contributed by atoms with Crippen LogP contribution in [0.25, 0.3) is 0 Å². The van der Waals surface area contributed by atoms with E-state index in [-0.39, 0.29) is 31.1 Å². The quantitative estimate of drug-likeness (QED) is 0.0261. The van der Waals surface area contributed by atoms with E-state index in [1.165, 1.54) is 180 Å². The summed E-state index contributed by atoms with van der Waals surface area (Å²) in [5.41, 5.74) is 0. The molecule has 1 atom stereocenters. The highest BCUT2D eigenvalue weighted by Gasteiger charge is 2.19. The van der Waals surface area contributed by atoms with Gasteiger partial charge in [0, 0.05) is 19.3 Å². The fraction of sp³-hybridized carbons (Fsp3) is 0.743. The summed E-state index contributed by atoms with van der Waals surface area (Å²) in [4.78, 5) is 38.4. The molecule has 0 amide bonds. The highest BCUT2D eigenvalue weighted by Crippen LogP contribution is 2.17. The van der Waals surface area contributed by atoms with Crippen molar-refractivity contribution in [3.63, 3.8) is 0 Å². The second-order valence-electron chi connectivity index (χ2n) is 22.7. The lowest BCUT2D eigenvalue weighted by molar-refractivity contribution is -0.167. The molecule has 1 unspecified atom stereocenters. The molecule has 460 valence electrons. The van der Waals surface area contributed by atoms with Crippen LogP contribution in [-0.2, 0) is 28.6 Å². The Hall–Kier alpha value is -3.67. The lowest BCUT2D eigenvalue weighted by Crippen LogP contribution is -2.30. The molecule has 0 aromatic carbocycles. The van der Waals surface area contributed by atoms with Gasteiger partial charge >= 0.3 is 17.9 Å². The molecule has 0 aliphatic carbocycles. The van der Waals surface area contributed by atoms with Gasteiger partial charge in [0.25, 0.3) is 0 Å². The van der Waals surface area contributed by atoms with Crippen molar-refractivity contribution < 1.29 is 28.6 Å². The van der Waals surface area contributed by atoms with E-state index in [0.29, 0.717) is 19.3 Å². The third kappa shape index (κ3) is 65.1. The number of ether oxygens (including phenoxy) is 3. The molecule has 0 N–H and O–H groups in total. The van der Waals surface area contributed by atoms with Crippen LogP contribution in [0.1, 0.15) is 335 Å². The van der Waals surface area contributed by atoms with Crippen molar-refractivity contribution in [1.82, 2.24) is 0 Å². The fourth-order valence-electron chi connectivity index (χ4n) is 9.71. The summed E-state index contributed by atoms with van der Waals surface area (Å²) in [6.45, 7) is 6.55. The van der Waals surface area contributed by atoms with Crippen molar-refractivity contribution in [1.29, 1.82) is 0 Å². The molecule has 0 radical (unpaired) electrons. The second-order valence-corrected chi connectivity index (χ2v) is 22.7. The third-order valence-corrected chi connectivity index (χ3v) is 14.8. The highest BCUT2D eigenvalue weighted by molar-refractivity contribution is 5.71. The molecule has 0 saturated carbocycles. The molecule has 0 heterocycles. The topological polar surface area (TPSA) is 78.9 Å². The monoisotopic (exact) mass is 1110 g/mol. The zero-order valence-corrected chi connectivity index (χ0v) is 52.8. The van der Waals surface area contributed by atoms with Gasteiger partial charge in [-0.05, 0) is 103 Å². The van der Waals surface area contributed by atoms with Crippen LogP contribution in [0.4, 0.5) is 0 Å². The second kappa shape index (κ2) is 67.8. The molecular formula is C74H128O6. The van der Waals surface area contributed by atoms with Gasteiger partial charge in [-0.25, -0.2) is 0 Å². The van der Waals surface area contributed by atoms with Gasteiger partial charge in [0.2, 0.25) is 0 Å². The predicted octanol–water partition coefficient (Wildman–Crippen LogP) is 23.6. The highest BCUT2D eigenvalue weighted by atomic mass is 16.6. The maximum atomic E-state index is 12.9. The Balaban J connectivity index is 4.28. The molecule has 0 bridgehead atoms. The first-order valence-corrected chi connectivity index (χ1v) is 34.2. The first-order valence-electron chi connectivity index (χ1n) is 34.2. The minimum atomic E-state index is -0.782. The van der Waals surface area contributed by atoms with Gasteiger partial charge in [-0.3, -0.25) is 14.4 Å². The van der Waals surface area contributed by atoms with E-state index in [1.54, 1.807) is 0 Å². The Morgan fingerprint density at radius 2 is 0.487 bits per heavy atom. The molecule has 0 aromatic heterocycles. The third-order valence-electron chi connectivity index (χ3n) is 14.8. The molecule has 0 aliphatic rings. The van der Waals surface area contributed by atoms with E-state index in [2.05, 4.69) is 118 Å². The van der Waals surface area contributed by atoms with Crippen LogP contribution in [0, 0.1) is 0 Å². The van der Waals surface area contributed by atoms with Crippen LogP contribution in [0.5, 0.6) is 0 Å². The fourth-order valence-corrected chi connectivity index (χ4v) is 9.71. The first-order chi connectivity index (χ1) is 39.5. The standard InChI is InChI=1S/C74H128O6/c1-4-7-10-13-16-19-22-25-28-30-31-32-33-34-35-36-37-38-39-40-41-42-43-45-46-49-52-55-58-61-64-67-73(76)79-70-71(69-78-72(75)66-63-60-57-54-51-48-27-24-21-18-15-12-9-6-3)80-74(77)68-65-62-59-56-53-50-47-44-29-26-23-20-17-14-11-8-5-2/h7,10,16,19,24-25,27-28,31-32,34-35,37-38,40-41,71H,4-6,8-9,11-15,17-18,20-23,26,29-30,33,36,39,42-70H2,1-3H3/b10-7-,19-16-,27-24-,28-25-,32-31-,35-34-,38-37-,41-40-. The van der Waals surface area contributed by atoms with Crippen LogP contribution < -0.4 is 0 Å². The SMILES string of the molecule is CC/C=C\C/C=C\C/C=C\C/C=C\C/C=C\C/C=C\C/C=C\CCCCCCCCCCCC(=O)OCC(COC(=O)CCCCCCC/C=C\CCCCCCC)OC(=O)CCCCCCCCCCCCCCCCCCC. The average Bonchev–Trinajstić information content (AvgIpc) is 3.46. The summed E-state index contributed by atoms with van der Waals surface area (Å²) in [5.74, 6) is -0.878. The van der Waals surface area contributed by atoms with Gasteiger partial charge in [-0.15, -0.1) is 0 Å². The number of esters is 3. The van der Waals surface area contributed by atoms with Crippen molar-refractivity contribution >= 4 is 17.9 Å². The number of allylic oxidation sites excluding steroid dienone is 16. The molecule has 0 aromatic rings. The summed E-state index contributed by atoms with van der Waals surface area (Å²) < 4.78 is 17.0. The number of carbonyl (C=O) groups excluding carboxylic acids is 3. The van der Waals surface area contributed by atoms with E-state index >= 15 is 0 Å². The Bertz CT molecular complexity index is 1560. The van der Waals surface area contributed by atoms with E-state index in [0.717, 1.165) is 116 Å². The van der Waals surface area contributed by atoms with Crippen LogP contribution in [-0.4, -0.2) is 37.2 Å². The van der Waals surface area contributed by atoms with E-state index in [1.807, 2.05) is 0 Å². The van der Waals surface area contributed by atoms with Crippen molar-refractivity contribution in [3.8, 4) is 0 Å². The van der Waals surface area contributed by atoms with Crippen LogP contribution in [0.2, 0.25) is 0 Å². The van der Waals surface area contributed by atoms with Crippen molar-refractivity contribution in [3.05, 3.63) is 97.2 Å². The normalized spacial score (nSPS) is 12.7. The van der Waals surface area contributed by atoms with Crippen molar-refractivity contribution in [2.24, 2.45) is 0 Å². The Labute approximate surface area is 496 Å². The van der Waals surface area contributed by atoms with Crippen molar-refractivity contribution in [2.45, 2.75) is 341 Å². The Morgan fingerprint density at radius 3 is 0.775 bits per heavy atom. The zero-order valence-electron chi connectivity index (χ0n) is 52.8. The number of rotatable bonds is 62. The van der Waals surface area contributed by atoms with Gasteiger partial charge in [-0.1, -0.05) is 311 Å². The number of carbonyl (C=O) groups is 3. The van der Waals surface area contributed by atoms with Crippen LogP contribution in [0.3, 0.4) is 0 Å². The predicted molar refractivity (Wildman–Crippen MR) is 348 cm³/mol. The largest absolute Gasteiger partial charge is 0.462 e. The molecule has 6 nitrogen and oxygen atoms in total. The Kier molecular flexibility index (Phi) is 64.7. The van der Waals surface area contributed by atoms with Gasteiger partial charge in [0.1, 0.15) is 13.2 Å². The smallest absolute Gasteiger partial charge is 0.306 e. The number of hydrogen-bond donors (Lipinski definition) is 0. The lowest BCUT2D eigenvalue weighted by Gasteiger charge is -2.18. The average molecular weight is 1110 g/mol. The van der Waals surface area contributed by atoms with Crippen molar-refractivity contribution in [2.75, 3.05) is 13.2 Å². The molecule has 0 saturated heterocycles. The van der Waals surface area contributed by atoms with Crippen LogP contribution in [0.15, 0.2) is 97.2 Å². The molecule has 0 fully saturated rings. The maximum absolute atomic E-state index is 12.9. The summed E-state index contributed by atoms with van der Waals surface area (Å²) in [5, 5.41) is 0. The van der Waals surface area contributed by atoms with Gasteiger partial charge in [0.05, 0.1) is 0 Å². The minimum Gasteiger partial charge on any atom is -0.462 e. The zero-order chi connectivity index (χ0) is 57.8. The molecule has 0 aliphatic heterocycles. The molecular weight excluding hydrogens is 985 g/mol. The summed E-state index contributed by atoms with van der Waals surface area (Å²) in [6.07, 6.45) is 91.3. The molecule has 0 spiro atoms. The lowest BCUT2D eigenvalue weighted by atomic mass is 10.0. The first kappa shape index (κ1) is 76.3. The number of unbranched alkanes of at least 4 members (excludes halogenated alkanes) is 35. The maximum Gasteiger partial charge on any atom is 0.306 e. The van der Waals surface area contributed by atoms with E-state index in [4.69, 9.17) is 14.2 Å². The van der Waals surface area contributed by atoms with Gasteiger partial charge < -0.3 is 14.2 Å².